The molecule has 2 fully saturated rings. The first-order valence-electron chi connectivity index (χ1n) is 7.73. The Bertz CT molecular complexity index is 408. The Morgan fingerprint density at radius 3 is 2.55 bits per heavy atom. The molecule has 3 heteroatoms. The first-order chi connectivity index (χ1) is 9.73. The van der Waals surface area contributed by atoms with Crippen molar-refractivity contribution in [3.63, 3.8) is 0 Å². The van der Waals surface area contributed by atoms with E-state index in [1.54, 1.807) is 0 Å². The van der Waals surface area contributed by atoms with E-state index in [4.69, 9.17) is 4.74 Å². The summed E-state index contributed by atoms with van der Waals surface area (Å²) in [5.41, 5.74) is 0.811. The zero-order valence-electron chi connectivity index (χ0n) is 12.0. The third kappa shape index (κ3) is 3.78. The Balaban J connectivity index is 1.35. The highest BCUT2D eigenvalue weighted by molar-refractivity contribution is 8.00. The van der Waals surface area contributed by atoms with Crippen molar-refractivity contribution in [2.75, 3.05) is 6.61 Å². The summed E-state index contributed by atoms with van der Waals surface area (Å²) in [5, 5.41) is 12.1. The minimum atomic E-state index is -0.410. The van der Waals surface area contributed by atoms with Crippen LogP contribution in [0.2, 0.25) is 0 Å². The van der Waals surface area contributed by atoms with E-state index in [0.717, 1.165) is 32.3 Å². The first-order valence-corrected chi connectivity index (χ1v) is 8.67. The molecule has 0 radical (unpaired) electrons. The van der Waals surface area contributed by atoms with Gasteiger partial charge in [0.2, 0.25) is 0 Å². The molecular formula is C17H24O2S. The maximum atomic E-state index is 10.7. The van der Waals surface area contributed by atoms with E-state index in [9.17, 15) is 5.11 Å². The van der Waals surface area contributed by atoms with Gasteiger partial charge in [0.1, 0.15) is 0 Å². The number of fused-ring (bicyclic) bond motifs is 2. The van der Waals surface area contributed by atoms with Gasteiger partial charge in [-0.2, -0.15) is 11.8 Å². The fourth-order valence-electron chi connectivity index (χ4n) is 3.48. The normalized spacial score (nSPS) is 32.5. The van der Waals surface area contributed by atoms with Gasteiger partial charge in [-0.3, -0.25) is 0 Å². The van der Waals surface area contributed by atoms with Gasteiger partial charge in [0, 0.05) is 17.1 Å². The molecule has 0 saturated carbocycles. The quantitative estimate of drug-likeness (QED) is 0.809. The summed E-state index contributed by atoms with van der Waals surface area (Å²) in [6.07, 6.45) is 6.47. The van der Waals surface area contributed by atoms with Gasteiger partial charge in [0.15, 0.2) is 0 Å². The number of hydrogen-bond acceptors (Lipinski definition) is 3. The molecule has 2 saturated heterocycles. The zero-order chi connectivity index (χ0) is 13.8. The second-order valence-corrected chi connectivity index (χ2v) is 7.84. The van der Waals surface area contributed by atoms with E-state index < -0.39 is 5.60 Å². The lowest BCUT2D eigenvalue weighted by Gasteiger charge is -2.36. The molecule has 0 aromatic heterocycles. The van der Waals surface area contributed by atoms with E-state index in [-0.39, 0.29) is 0 Å². The van der Waals surface area contributed by atoms with E-state index >= 15 is 0 Å². The van der Waals surface area contributed by atoms with E-state index in [2.05, 4.69) is 23.9 Å². The van der Waals surface area contributed by atoms with Crippen LogP contribution in [0.3, 0.4) is 0 Å². The predicted molar refractivity (Wildman–Crippen MR) is 83.9 cm³/mol. The molecule has 2 atom stereocenters. The molecule has 2 bridgehead atoms. The zero-order valence-corrected chi connectivity index (χ0v) is 12.8. The van der Waals surface area contributed by atoms with Crippen LogP contribution in [0.15, 0.2) is 30.3 Å². The Morgan fingerprint density at radius 2 is 1.85 bits per heavy atom. The van der Waals surface area contributed by atoms with Crippen LogP contribution in [0.25, 0.3) is 0 Å². The number of rotatable bonds is 6. The van der Waals surface area contributed by atoms with Crippen LogP contribution in [0.5, 0.6) is 0 Å². The summed E-state index contributed by atoms with van der Waals surface area (Å²) in [5.74, 6) is 0. The van der Waals surface area contributed by atoms with Gasteiger partial charge in [-0.25, -0.2) is 0 Å². The Morgan fingerprint density at radius 1 is 1.15 bits per heavy atom. The highest BCUT2D eigenvalue weighted by Crippen LogP contribution is 2.48. The average molecular weight is 292 g/mol. The van der Waals surface area contributed by atoms with Crippen LogP contribution in [-0.4, -0.2) is 27.8 Å². The van der Waals surface area contributed by atoms with Crippen molar-refractivity contribution in [2.24, 2.45) is 0 Å². The molecule has 2 heterocycles. The van der Waals surface area contributed by atoms with Gasteiger partial charge in [-0.1, -0.05) is 30.3 Å². The largest absolute Gasteiger partial charge is 0.390 e. The predicted octanol–water partition coefficient (Wildman–Crippen LogP) is 3.77. The number of ether oxygens (including phenoxy) is 1. The molecule has 1 aromatic carbocycles. The number of aliphatic hydroxyl groups is 1. The third-order valence-electron chi connectivity index (χ3n) is 4.45. The van der Waals surface area contributed by atoms with Crippen molar-refractivity contribution < 1.29 is 9.84 Å². The lowest BCUT2D eigenvalue weighted by molar-refractivity contribution is 0.00378. The highest BCUT2D eigenvalue weighted by atomic mass is 32.2. The summed E-state index contributed by atoms with van der Waals surface area (Å²) in [6, 6.07) is 10.3. The molecule has 1 N–H and O–H groups in total. The topological polar surface area (TPSA) is 29.5 Å². The third-order valence-corrected chi connectivity index (χ3v) is 6.03. The molecule has 2 aliphatic heterocycles. The van der Waals surface area contributed by atoms with Crippen molar-refractivity contribution in [1.29, 1.82) is 0 Å². The number of benzene rings is 1. The van der Waals surface area contributed by atoms with Crippen LogP contribution in [-0.2, 0) is 11.3 Å². The van der Waals surface area contributed by atoms with Crippen LogP contribution >= 0.6 is 11.8 Å². The second kappa shape index (κ2) is 6.50. The number of hydrogen-bond donors (Lipinski definition) is 1. The van der Waals surface area contributed by atoms with E-state index in [1.165, 1.54) is 18.4 Å². The second-order valence-electron chi connectivity index (χ2n) is 6.23. The van der Waals surface area contributed by atoms with Crippen molar-refractivity contribution in [2.45, 2.75) is 61.2 Å². The average Bonchev–Trinajstić information content (AvgIpc) is 2.79. The molecule has 110 valence electrons. The standard InChI is InChI=1S/C17H24O2S/c18-17(11-15-7-8-16(12-17)20-15)9-4-10-19-13-14-5-2-1-3-6-14/h1-3,5-6,15-16,18H,4,7-13H2. The lowest BCUT2D eigenvalue weighted by atomic mass is 9.89. The highest BCUT2D eigenvalue weighted by Gasteiger charge is 2.42. The minimum absolute atomic E-state index is 0.410. The Labute approximate surface area is 125 Å². The Hall–Kier alpha value is -0.510. The smallest absolute Gasteiger partial charge is 0.0716 e. The van der Waals surface area contributed by atoms with Gasteiger partial charge >= 0.3 is 0 Å². The van der Waals surface area contributed by atoms with Crippen LogP contribution in [0.4, 0.5) is 0 Å². The maximum Gasteiger partial charge on any atom is 0.0716 e. The van der Waals surface area contributed by atoms with Crippen molar-refractivity contribution in [1.82, 2.24) is 0 Å². The summed E-state index contributed by atoms with van der Waals surface area (Å²) >= 11 is 2.10. The van der Waals surface area contributed by atoms with Crippen LogP contribution < -0.4 is 0 Å². The van der Waals surface area contributed by atoms with Crippen molar-refractivity contribution in [3.05, 3.63) is 35.9 Å². The molecule has 1 aromatic rings. The molecule has 20 heavy (non-hydrogen) atoms. The lowest BCUT2D eigenvalue weighted by Crippen LogP contribution is -2.37. The fourth-order valence-corrected chi connectivity index (χ4v) is 5.38. The summed E-state index contributed by atoms with van der Waals surface area (Å²) < 4.78 is 5.71. The van der Waals surface area contributed by atoms with Gasteiger partial charge in [-0.15, -0.1) is 0 Å². The molecule has 2 unspecified atom stereocenters. The number of thioether (sulfide) groups is 1. The van der Waals surface area contributed by atoms with Crippen LogP contribution in [0, 0.1) is 0 Å². The molecule has 0 aliphatic carbocycles. The van der Waals surface area contributed by atoms with Crippen molar-refractivity contribution in [3.8, 4) is 0 Å². The summed E-state index contributed by atoms with van der Waals surface area (Å²) in [4.78, 5) is 0. The summed E-state index contributed by atoms with van der Waals surface area (Å²) in [7, 11) is 0. The maximum absolute atomic E-state index is 10.7. The van der Waals surface area contributed by atoms with Crippen LogP contribution in [0.1, 0.15) is 44.1 Å². The van der Waals surface area contributed by atoms with Gasteiger partial charge in [0.25, 0.3) is 0 Å². The molecule has 2 nitrogen and oxygen atoms in total. The Kier molecular flexibility index (Phi) is 4.69. The molecule has 0 amide bonds. The summed E-state index contributed by atoms with van der Waals surface area (Å²) in [6.45, 7) is 1.43. The van der Waals surface area contributed by atoms with E-state index in [1.807, 2.05) is 18.2 Å². The van der Waals surface area contributed by atoms with Crippen molar-refractivity contribution >= 4 is 11.8 Å². The molecule has 2 aliphatic rings. The monoisotopic (exact) mass is 292 g/mol. The van der Waals surface area contributed by atoms with Gasteiger partial charge in [0.05, 0.1) is 12.2 Å². The van der Waals surface area contributed by atoms with E-state index in [0.29, 0.717) is 17.1 Å². The fraction of sp³-hybridized carbons (Fsp3) is 0.647. The van der Waals surface area contributed by atoms with Gasteiger partial charge in [-0.05, 0) is 44.1 Å². The molecule has 0 spiro atoms. The SMILES string of the molecule is OC1(CCCOCc2ccccc2)CC2CCC(C1)S2. The van der Waals surface area contributed by atoms with Gasteiger partial charge < -0.3 is 9.84 Å². The molecular weight excluding hydrogens is 268 g/mol. The minimum Gasteiger partial charge on any atom is -0.390 e. The first kappa shape index (κ1) is 14.4. The molecule has 3 rings (SSSR count).